The fourth-order valence-corrected chi connectivity index (χ4v) is 3.72. The van der Waals surface area contributed by atoms with Gasteiger partial charge in [0, 0.05) is 6.54 Å². The number of carbonyl (C=O) groups excluding carboxylic acids is 1. The lowest BCUT2D eigenvalue weighted by molar-refractivity contribution is 0.0951. The molecule has 2 aromatic rings. The van der Waals surface area contributed by atoms with Gasteiger partial charge in [0.25, 0.3) is 5.91 Å². The number of aryl methyl sites for hydroxylation is 1. The Hall–Kier alpha value is -2.14. The summed E-state index contributed by atoms with van der Waals surface area (Å²) in [4.78, 5) is 15.1. The Morgan fingerprint density at radius 2 is 1.93 bits per heavy atom. The Labute approximate surface area is 162 Å². The van der Waals surface area contributed by atoms with E-state index in [1.807, 2.05) is 29.8 Å². The predicted molar refractivity (Wildman–Crippen MR) is 109 cm³/mol. The highest BCUT2D eigenvalue weighted by Crippen LogP contribution is 2.18. The molecule has 5 nitrogen and oxygen atoms in total. The molecule has 1 aromatic carbocycles. The van der Waals surface area contributed by atoms with Crippen LogP contribution in [0.25, 0.3) is 5.69 Å². The van der Waals surface area contributed by atoms with Crippen LogP contribution >= 0.6 is 0 Å². The van der Waals surface area contributed by atoms with Crippen LogP contribution in [0.2, 0.25) is 0 Å². The molecule has 27 heavy (non-hydrogen) atoms. The lowest BCUT2D eigenvalue weighted by atomic mass is 9.99. The number of para-hydroxylation sites is 1. The van der Waals surface area contributed by atoms with Crippen molar-refractivity contribution in [2.24, 2.45) is 5.92 Å². The minimum atomic E-state index is -0.0286. The van der Waals surface area contributed by atoms with Crippen LogP contribution in [0.4, 0.5) is 0 Å². The van der Waals surface area contributed by atoms with E-state index in [0.717, 1.165) is 48.8 Å². The Kier molecular flexibility index (Phi) is 6.67. The van der Waals surface area contributed by atoms with E-state index < -0.39 is 0 Å². The number of nitrogens with one attached hydrogen (secondary N) is 1. The predicted octanol–water partition coefficient (Wildman–Crippen LogP) is 3.73. The molecule has 1 saturated heterocycles. The van der Waals surface area contributed by atoms with Crippen molar-refractivity contribution in [1.29, 1.82) is 0 Å². The van der Waals surface area contributed by atoms with Gasteiger partial charge in [-0.05, 0) is 76.7 Å². The average Bonchev–Trinajstić information content (AvgIpc) is 3.04. The average molecular weight is 369 g/mol. The maximum atomic E-state index is 12.5. The number of unbranched alkanes of at least 4 members (excludes halogenated alkanes) is 1. The molecule has 1 N–H and O–H groups in total. The molecular weight excluding hydrogens is 336 g/mol. The van der Waals surface area contributed by atoms with Crippen molar-refractivity contribution >= 4 is 5.91 Å². The summed E-state index contributed by atoms with van der Waals surface area (Å²) in [5.74, 6) is 0.850. The minimum Gasteiger partial charge on any atom is -0.352 e. The van der Waals surface area contributed by atoms with Crippen LogP contribution in [0.5, 0.6) is 0 Å². The molecule has 3 rings (SSSR count). The molecule has 1 amide bonds. The van der Waals surface area contributed by atoms with Gasteiger partial charge in [0.05, 0.1) is 23.1 Å². The van der Waals surface area contributed by atoms with Gasteiger partial charge in [0.15, 0.2) is 0 Å². The highest BCUT2D eigenvalue weighted by Gasteiger charge is 2.16. The number of likely N-dealkylation sites (tertiary alicyclic amines) is 1. The van der Waals surface area contributed by atoms with E-state index in [9.17, 15) is 4.79 Å². The monoisotopic (exact) mass is 368 g/mol. The zero-order valence-electron chi connectivity index (χ0n) is 16.9. The van der Waals surface area contributed by atoms with Crippen LogP contribution in [0.15, 0.2) is 30.5 Å². The van der Waals surface area contributed by atoms with Crippen LogP contribution in [-0.2, 0) is 0 Å². The molecule has 0 saturated carbocycles. The third-order valence-electron chi connectivity index (χ3n) is 5.66. The summed E-state index contributed by atoms with van der Waals surface area (Å²) in [5, 5.41) is 7.48. The first-order valence-corrected chi connectivity index (χ1v) is 10.2. The summed E-state index contributed by atoms with van der Waals surface area (Å²) in [7, 11) is 0. The number of hydrogen-bond acceptors (Lipinski definition) is 3. The quantitative estimate of drug-likeness (QED) is 0.758. The van der Waals surface area contributed by atoms with Gasteiger partial charge in [0.1, 0.15) is 0 Å². The van der Waals surface area contributed by atoms with Gasteiger partial charge in [-0.15, -0.1) is 0 Å². The van der Waals surface area contributed by atoms with E-state index >= 15 is 0 Å². The largest absolute Gasteiger partial charge is 0.352 e. The molecule has 1 fully saturated rings. The number of hydrogen-bond donors (Lipinski definition) is 1. The molecule has 0 atom stereocenters. The van der Waals surface area contributed by atoms with Crippen molar-refractivity contribution in [3.8, 4) is 5.69 Å². The molecular formula is C22H32N4O. The molecule has 5 heteroatoms. The van der Waals surface area contributed by atoms with Crippen LogP contribution in [-0.4, -0.2) is 46.8 Å². The van der Waals surface area contributed by atoms with Gasteiger partial charge in [-0.3, -0.25) is 4.79 Å². The van der Waals surface area contributed by atoms with E-state index in [1.54, 1.807) is 6.20 Å². The summed E-state index contributed by atoms with van der Waals surface area (Å²) in [5.41, 5.74) is 3.69. The zero-order chi connectivity index (χ0) is 19.2. The summed E-state index contributed by atoms with van der Waals surface area (Å²) >= 11 is 0. The van der Waals surface area contributed by atoms with Gasteiger partial charge < -0.3 is 10.2 Å². The second kappa shape index (κ2) is 9.18. The first kappa shape index (κ1) is 19.6. The Bertz CT molecular complexity index is 759. The van der Waals surface area contributed by atoms with Crippen LogP contribution in [0, 0.1) is 19.8 Å². The van der Waals surface area contributed by atoms with Gasteiger partial charge in [0.2, 0.25) is 0 Å². The summed E-state index contributed by atoms with van der Waals surface area (Å²) in [6, 6.07) is 8.08. The van der Waals surface area contributed by atoms with Crippen LogP contribution in [0.3, 0.4) is 0 Å². The second-order valence-electron chi connectivity index (χ2n) is 7.83. The standard InChI is InChI=1S/C22H32N4O/c1-17-10-14-25(15-11-17)13-7-6-12-23-22(27)20-16-24-26(19(20)3)21-9-5-4-8-18(21)2/h4-5,8-9,16-17H,6-7,10-15H2,1-3H3,(H,23,27). The molecule has 0 spiro atoms. The highest BCUT2D eigenvalue weighted by molar-refractivity contribution is 5.95. The van der Waals surface area contributed by atoms with Crippen LogP contribution < -0.4 is 5.32 Å². The number of benzene rings is 1. The van der Waals surface area contributed by atoms with E-state index in [1.165, 1.54) is 25.9 Å². The number of carbonyl (C=O) groups is 1. The summed E-state index contributed by atoms with van der Waals surface area (Å²) in [6.07, 6.45) is 6.46. The Morgan fingerprint density at radius 3 is 2.67 bits per heavy atom. The molecule has 0 aliphatic carbocycles. The van der Waals surface area contributed by atoms with E-state index in [2.05, 4.69) is 35.2 Å². The lowest BCUT2D eigenvalue weighted by Crippen LogP contribution is -2.34. The molecule has 0 radical (unpaired) electrons. The number of aromatic nitrogens is 2. The van der Waals surface area contributed by atoms with Crippen molar-refractivity contribution in [2.45, 2.75) is 46.5 Å². The van der Waals surface area contributed by atoms with Crippen molar-refractivity contribution in [3.05, 3.63) is 47.3 Å². The maximum absolute atomic E-state index is 12.5. The molecule has 1 aromatic heterocycles. The first-order chi connectivity index (χ1) is 13.1. The Morgan fingerprint density at radius 1 is 1.19 bits per heavy atom. The fraction of sp³-hybridized carbons (Fsp3) is 0.545. The van der Waals surface area contributed by atoms with Crippen molar-refractivity contribution in [2.75, 3.05) is 26.2 Å². The Balaban J connectivity index is 1.46. The number of nitrogens with zero attached hydrogens (tertiary/aromatic N) is 3. The normalized spacial score (nSPS) is 15.8. The molecule has 146 valence electrons. The second-order valence-corrected chi connectivity index (χ2v) is 7.83. The van der Waals surface area contributed by atoms with Gasteiger partial charge in [-0.25, -0.2) is 4.68 Å². The van der Waals surface area contributed by atoms with E-state index in [4.69, 9.17) is 0 Å². The third kappa shape index (κ3) is 4.98. The SMILES string of the molecule is Cc1ccccc1-n1ncc(C(=O)NCCCCN2CCC(C)CC2)c1C. The molecule has 0 bridgehead atoms. The molecule has 2 heterocycles. The first-order valence-electron chi connectivity index (χ1n) is 10.2. The fourth-order valence-electron chi connectivity index (χ4n) is 3.72. The molecule has 1 aliphatic rings. The number of piperidine rings is 1. The molecule has 0 unspecified atom stereocenters. The summed E-state index contributed by atoms with van der Waals surface area (Å²) < 4.78 is 1.85. The molecule has 1 aliphatic heterocycles. The number of rotatable bonds is 7. The van der Waals surface area contributed by atoms with E-state index in [0.29, 0.717) is 5.56 Å². The van der Waals surface area contributed by atoms with Crippen molar-refractivity contribution in [1.82, 2.24) is 20.0 Å². The van der Waals surface area contributed by atoms with Crippen molar-refractivity contribution < 1.29 is 4.79 Å². The van der Waals surface area contributed by atoms with Gasteiger partial charge in [-0.2, -0.15) is 5.10 Å². The minimum absolute atomic E-state index is 0.0286. The summed E-state index contributed by atoms with van der Waals surface area (Å²) in [6.45, 7) is 10.7. The van der Waals surface area contributed by atoms with Crippen LogP contribution in [0.1, 0.15) is 54.2 Å². The highest BCUT2D eigenvalue weighted by atomic mass is 16.1. The topological polar surface area (TPSA) is 50.2 Å². The smallest absolute Gasteiger partial charge is 0.254 e. The maximum Gasteiger partial charge on any atom is 0.254 e. The third-order valence-corrected chi connectivity index (χ3v) is 5.66. The van der Waals surface area contributed by atoms with Gasteiger partial charge in [-0.1, -0.05) is 25.1 Å². The van der Waals surface area contributed by atoms with Crippen molar-refractivity contribution in [3.63, 3.8) is 0 Å². The lowest BCUT2D eigenvalue weighted by Gasteiger charge is -2.30. The zero-order valence-corrected chi connectivity index (χ0v) is 16.9. The number of amides is 1. The van der Waals surface area contributed by atoms with Gasteiger partial charge >= 0.3 is 0 Å². The van der Waals surface area contributed by atoms with E-state index in [-0.39, 0.29) is 5.91 Å².